The molecule has 3 nitrogen and oxygen atoms in total. The Morgan fingerprint density at radius 1 is 1.12 bits per heavy atom. The lowest BCUT2D eigenvalue weighted by Gasteiger charge is -2.05. The minimum Gasteiger partial charge on any atom is -0.362 e. The predicted molar refractivity (Wildman–Crippen MR) is 107 cm³/mol. The van der Waals surface area contributed by atoms with Crippen LogP contribution in [-0.2, 0) is 6.54 Å². The highest BCUT2D eigenvalue weighted by Crippen LogP contribution is 2.33. The molecule has 4 heteroatoms. The third-order valence-corrected chi connectivity index (χ3v) is 5.14. The third kappa shape index (κ3) is 3.17. The standard InChI is InChI=1S/C21H21N3S/c1-3-22-21-23-19(14-25-21)18-13-24(12-16-7-5-4-6-8-16)20-10-9-15(2)11-17(18)20/h4-11,13-14H,3,12H2,1-2H3,(H,22,23). The smallest absolute Gasteiger partial charge is 0.183 e. The second-order valence-corrected chi connectivity index (χ2v) is 7.10. The van der Waals surface area contributed by atoms with Gasteiger partial charge in [-0.25, -0.2) is 4.98 Å². The highest BCUT2D eigenvalue weighted by Gasteiger charge is 2.13. The number of rotatable bonds is 5. The summed E-state index contributed by atoms with van der Waals surface area (Å²) in [5, 5.41) is 7.69. The van der Waals surface area contributed by atoms with Crippen LogP contribution in [0.15, 0.2) is 60.1 Å². The summed E-state index contributed by atoms with van der Waals surface area (Å²) < 4.78 is 2.33. The van der Waals surface area contributed by atoms with Gasteiger partial charge in [0.05, 0.1) is 5.69 Å². The Morgan fingerprint density at radius 3 is 2.76 bits per heavy atom. The number of benzene rings is 2. The normalized spacial score (nSPS) is 11.1. The molecule has 25 heavy (non-hydrogen) atoms. The van der Waals surface area contributed by atoms with Gasteiger partial charge in [0.25, 0.3) is 0 Å². The molecule has 0 atom stereocenters. The predicted octanol–water partition coefficient (Wildman–Crippen LogP) is 5.55. The van der Waals surface area contributed by atoms with Gasteiger partial charge >= 0.3 is 0 Å². The zero-order valence-electron chi connectivity index (χ0n) is 14.5. The van der Waals surface area contributed by atoms with Crippen molar-refractivity contribution in [1.82, 2.24) is 9.55 Å². The fourth-order valence-electron chi connectivity index (χ4n) is 3.16. The van der Waals surface area contributed by atoms with E-state index in [1.165, 1.54) is 27.6 Å². The van der Waals surface area contributed by atoms with Crippen molar-refractivity contribution in [3.8, 4) is 11.3 Å². The number of thiazole rings is 1. The largest absolute Gasteiger partial charge is 0.362 e. The summed E-state index contributed by atoms with van der Waals surface area (Å²) in [6.45, 7) is 5.99. The van der Waals surface area contributed by atoms with Gasteiger partial charge in [-0.05, 0) is 31.5 Å². The van der Waals surface area contributed by atoms with E-state index in [1.54, 1.807) is 11.3 Å². The van der Waals surface area contributed by atoms with Crippen molar-refractivity contribution in [3.05, 3.63) is 71.2 Å². The van der Waals surface area contributed by atoms with Crippen molar-refractivity contribution in [1.29, 1.82) is 0 Å². The van der Waals surface area contributed by atoms with Crippen LogP contribution in [0, 0.1) is 6.92 Å². The van der Waals surface area contributed by atoms with E-state index in [9.17, 15) is 0 Å². The Morgan fingerprint density at radius 2 is 1.96 bits per heavy atom. The number of aromatic nitrogens is 2. The second-order valence-electron chi connectivity index (χ2n) is 6.25. The molecule has 0 bridgehead atoms. The SMILES string of the molecule is CCNc1nc(-c2cn(Cc3ccccc3)c3ccc(C)cc23)cs1. The lowest BCUT2D eigenvalue weighted by molar-refractivity contribution is 0.837. The molecule has 2 aromatic heterocycles. The Labute approximate surface area is 152 Å². The summed E-state index contributed by atoms with van der Waals surface area (Å²) in [6, 6.07) is 17.2. The van der Waals surface area contributed by atoms with Crippen LogP contribution >= 0.6 is 11.3 Å². The molecule has 0 amide bonds. The van der Waals surface area contributed by atoms with Crippen LogP contribution in [0.4, 0.5) is 5.13 Å². The molecule has 1 N–H and O–H groups in total. The summed E-state index contributed by atoms with van der Waals surface area (Å²) in [6.07, 6.45) is 2.24. The Kier molecular flexibility index (Phi) is 4.28. The van der Waals surface area contributed by atoms with Crippen molar-refractivity contribution in [2.24, 2.45) is 0 Å². The van der Waals surface area contributed by atoms with Crippen molar-refractivity contribution in [3.63, 3.8) is 0 Å². The van der Waals surface area contributed by atoms with Crippen molar-refractivity contribution < 1.29 is 0 Å². The van der Waals surface area contributed by atoms with Gasteiger partial charge in [-0.1, -0.05) is 42.0 Å². The van der Waals surface area contributed by atoms with Gasteiger partial charge in [-0.15, -0.1) is 11.3 Å². The minimum absolute atomic E-state index is 0.866. The molecule has 0 saturated carbocycles. The van der Waals surface area contributed by atoms with Crippen molar-refractivity contribution in [2.75, 3.05) is 11.9 Å². The molecule has 0 aliphatic heterocycles. The Balaban J connectivity index is 1.82. The van der Waals surface area contributed by atoms with E-state index in [-0.39, 0.29) is 0 Å². The molecule has 0 fully saturated rings. The van der Waals surface area contributed by atoms with Crippen molar-refractivity contribution in [2.45, 2.75) is 20.4 Å². The maximum atomic E-state index is 4.76. The zero-order chi connectivity index (χ0) is 17.2. The highest BCUT2D eigenvalue weighted by atomic mass is 32.1. The Hall–Kier alpha value is -2.59. The maximum Gasteiger partial charge on any atom is 0.183 e. The lowest BCUT2D eigenvalue weighted by atomic mass is 10.1. The number of fused-ring (bicyclic) bond motifs is 1. The minimum atomic E-state index is 0.866. The van der Waals surface area contributed by atoms with Gasteiger partial charge in [0.1, 0.15) is 0 Å². The van der Waals surface area contributed by atoms with Gasteiger partial charge in [-0.2, -0.15) is 0 Å². The first-order valence-electron chi connectivity index (χ1n) is 8.58. The molecular weight excluding hydrogens is 326 g/mol. The number of nitrogens with one attached hydrogen (secondary N) is 1. The van der Waals surface area contributed by atoms with E-state index in [0.29, 0.717) is 0 Å². The van der Waals surface area contributed by atoms with Gasteiger partial charge in [-0.3, -0.25) is 0 Å². The summed E-state index contributed by atoms with van der Waals surface area (Å²) in [5.74, 6) is 0. The molecule has 4 rings (SSSR count). The van der Waals surface area contributed by atoms with Gasteiger partial charge in [0, 0.05) is 41.1 Å². The molecule has 0 aliphatic rings. The number of nitrogens with zero attached hydrogens (tertiary/aromatic N) is 2. The zero-order valence-corrected chi connectivity index (χ0v) is 15.3. The summed E-state index contributed by atoms with van der Waals surface area (Å²) in [5.41, 5.74) is 6.08. The number of hydrogen-bond donors (Lipinski definition) is 1. The van der Waals surface area contributed by atoms with Crippen LogP contribution in [0.3, 0.4) is 0 Å². The summed E-state index contributed by atoms with van der Waals surface area (Å²) in [7, 11) is 0. The molecule has 0 radical (unpaired) electrons. The van der Waals surface area contributed by atoms with E-state index in [2.05, 4.69) is 83.8 Å². The van der Waals surface area contributed by atoms with E-state index in [0.717, 1.165) is 23.9 Å². The van der Waals surface area contributed by atoms with Crippen LogP contribution in [-0.4, -0.2) is 16.1 Å². The molecule has 0 saturated heterocycles. The average Bonchev–Trinajstić information content (AvgIpc) is 3.21. The van der Waals surface area contributed by atoms with Crippen molar-refractivity contribution >= 4 is 27.4 Å². The van der Waals surface area contributed by atoms with Crippen LogP contribution < -0.4 is 5.32 Å². The molecular formula is C21H21N3S. The van der Waals surface area contributed by atoms with Crippen LogP contribution in [0.2, 0.25) is 0 Å². The monoisotopic (exact) mass is 347 g/mol. The second kappa shape index (κ2) is 6.73. The van der Waals surface area contributed by atoms with E-state index < -0.39 is 0 Å². The van der Waals surface area contributed by atoms with Crippen LogP contribution in [0.5, 0.6) is 0 Å². The molecule has 0 spiro atoms. The topological polar surface area (TPSA) is 29.9 Å². The molecule has 0 unspecified atom stereocenters. The first-order valence-corrected chi connectivity index (χ1v) is 9.46. The highest BCUT2D eigenvalue weighted by molar-refractivity contribution is 7.14. The van der Waals surface area contributed by atoms with E-state index >= 15 is 0 Å². The number of aryl methyl sites for hydroxylation is 1. The van der Waals surface area contributed by atoms with E-state index in [4.69, 9.17) is 4.98 Å². The van der Waals surface area contributed by atoms with Crippen LogP contribution in [0.1, 0.15) is 18.1 Å². The quantitative estimate of drug-likeness (QED) is 0.513. The third-order valence-electron chi connectivity index (χ3n) is 4.34. The first-order chi connectivity index (χ1) is 12.2. The number of hydrogen-bond acceptors (Lipinski definition) is 3. The molecule has 0 aliphatic carbocycles. The Bertz CT molecular complexity index is 999. The first kappa shape index (κ1) is 15.9. The molecule has 126 valence electrons. The van der Waals surface area contributed by atoms with Gasteiger partial charge in [0.2, 0.25) is 0 Å². The van der Waals surface area contributed by atoms with Gasteiger partial charge < -0.3 is 9.88 Å². The lowest BCUT2D eigenvalue weighted by Crippen LogP contribution is -1.97. The van der Waals surface area contributed by atoms with E-state index in [1.807, 2.05) is 0 Å². The summed E-state index contributed by atoms with van der Waals surface area (Å²) >= 11 is 1.66. The molecule has 2 heterocycles. The van der Waals surface area contributed by atoms with Crippen LogP contribution in [0.25, 0.3) is 22.2 Å². The summed E-state index contributed by atoms with van der Waals surface area (Å²) in [4.78, 5) is 4.76. The average molecular weight is 347 g/mol. The van der Waals surface area contributed by atoms with Gasteiger partial charge in [0.15, 0.2) is 5.13 Å². The molecule has 2 aromatic carbocycles. The number of anilines is 1. The molecule has 4 aromatic rings. The maximum absolute atomic E-state index is 4.76. The fourth-order valence-corrected chi connectivity index (χ4v) is 3.94. The fraction of sp³-hybridized carbons (Fsp3) is 0.190.